The highest BCUT2D eigenvalue weighted by Gasteiger charge is 2.07. The Morgan fingerprint density at radius 2 is 1.84 bits per heavy atom. The van der Waals surface area contributed by atoms with Gasteiger partial charge in [-0.05, 0) is 48.7 Å². The van der Waals surface area contributed by atoms with Crippen molar-refractivity contribution in [2.45, 2.75) is 20.4 Å². The molecule has 0 unspecified atom stereocenters. The van der Waals surface area contributed by atoms with Crippen LogP contribution in [-0.2, 0) is 6.54 Å². The van der Waals surface area contributed by atoms with E-state index < -0.39 is 0 Å². The maximum atomic E-state index is 13.2. The average Bonchev–Trinajstić information content (AvgIpc) is 2.33. The van der Waals surface area contributed by atoms with Crippen LogP contribution in [0.15, 0.2) is 36.4 Å². The number of hydrogen-bond donors (Lipinski definition) is 1. The molecule has 0 saturated heterocycles. The van der Waals surface area contributed by atoms with Gasteiger partial charge in [0.1, 0.15) is 5.82 Å². The summed E-state index contributed by atoms with van der Waals surface area (Å²) in [4.78, 5) is 2.07. The van der Waals surface area contributed by atoms with E-state index in [2.05, 4.69) is 4.90 Å². The molecule has 0 aliphatic heterocycles. The maximum absolute atomic E-state index is 13.2. The Labute approximate surface area is 113 Å². The fourth-order valence-electron chi connectivity index (χ4n) is 2.19. The molecule has 0 radical (unpaired) electrons. The number of halogens is 1. The predicted molar refractivity (Wildman–Crippen MR) is 78.8 cm³/mol. The highest BCUT2D eigenvalue weighted by Crippen LogP contribution is 2.24. The van der Waals surface area contributed by atoms with Gasteiger partial charge in [-0.2, -0.15) is 0 Å². The lowest BCUT2D eigenvalue weighted by atomic mass is 10.1. The fraction of sp³-hybridized carbons (Fsp3) is 0.250. The fourth-order valence-corrected chi connectivity index (χ4v) is 2.19. The van der Waals surface area contributed by atoms with Gasteiger partial charge in [-0.15, -0.1) is 0 Å². The molecule has 2 aromatic rings. The van der Waals surface area contributed by atoms with Gasteiger partial charge in [0.25, 0.3) is 0 Å². The number of hydrogen-bond acceptors (Lipinski definition) is 2. The molecular formula is C16H19FN2. The summed E-state index contributed by atoms with van der Waals surface area (Å²) < 4.78 is 13.2. The first kappa shape index (κ1) is 13.4. The molecule has 19 heavy (non-hydrogen) atoms. The van der Waals surface area contributed by atoms with Crippen LogP contribution in [0.4, 0.5) is 15.8 Å². The lowest BCUT2D eigenvalue weighted by molar-refractivity contribution is 0.617. The average molecular weight is 258 g/mol. The van der Waals surface area contributed by atoms with Gasteiger partial charge in [0.05, 0.1) is 11.4 Å². The van der Waals surface area contributed by atoms with Crippen LogP contribution in [0.1, 0.15) is 16.7 Å². The third kappa shape index (κ3) is 3.05. The Bertz CT molecular complexity index is 593. The van der Waals surface area contributed by atoms with Crippen LogP contribution in [0.25, 0.3) is 0 Å². The van der Waals surface area contributed by atoms with Gasteiger partial charge >= 0.3 is 0 Å². The Balaban J connectivity index is 2.20. The van der Waals surface area contributed by atoms with E-state index in [0.29, 0.717) is 12.1 Å². The lowest BCUT2D eigenvalue weighted by Crippen LogP contribution is -2.18. The van der Waals surface area contributed by atoms with Crippen molar-refractivity contribution >= 4 is 11.4 Å². The van der Waals surface area contributed by atoms with E-state index in [0.717, 1.165) is 22.5 Å². The van der Waals surface area contributed by atoms with Crippen molar-refractivity contribution in [3.63, 3.8) is 0 Å². The van der Waals surface area contributed by atoms with Crippen molar-refractivity contribution < 1.29 is 4.39 Å². The molecule has 0 atom stereocenters. The Hall–Kier alpha value is -2.03. The van der Waals surface area contributed by atoms with Crippen molar-refractivity contribution in [3.8, 4) is 0 Å². The van der Waals surface area contributed by atoms with Gasteiger partial charge in [-0.3, -0.25) is 0 Å². The zero-order valence-corrected chi connectivity index (χ0v) is 11.6. The molecule has 0 heterocycles. The molecule has 100 valence electrons. The van der Waals surface area contributed by atoms with E-state index >= 15 is 0 Å². The predicted octanol–water partition coefficient (Wildman–Crippen LogP) is 3.66. The first-order chi connectivity index (χ1) is 8.97. The topological polar surface area (TPSA) is 29.3 Å². The van der Waals surface area contributed by atoms with Crippen molar-refractivity contribution in [2.24, 2.45) is 0 Å². The molecule has 0 bridgehead atoms. The molecule has 2 rings (SSSR count). The molecule has 2 N–H and O–H groups in total. The van der Waals surface area contributed by atoms with Crippen LogP contribution in [0.2, 0.25) is 0 Å². The van der Waals surface area contributed by atoms with E-state index in [9.17, 15) is 4.39 Å². The number of nitrogens with zero attached hydrogens (tertiary/aromatic N) is 1. The highest BCUT2D eigenvalue weighted by molar-refractivity contribution is 5.68. The maximum Gasteiger partial charge on any atom is 0.126 e. The third-order valence-corrected chi connectivity index (χ3v) is 3.24. The quantitative estimate of drug-likeness (QED) is 0.851. The Morgan fingerprint density at radius 3 is 2.47 bits per heavy atom. The van der Waals surface area contributed by atoms with Gasteiger partial charge in [0.15, 0.2) is 0 Å². The van der Waals surface area contributed by atoms with E-state index in [1.807, 2.05) is 44.3 Å². The molecule has 0 spiro atoms. The Morgan fingerprint density at radius 1 is 1.11 bits per heavy atom. The number of anilines is 2. The van der Waals surface area contributed by atoms with Crippen LogP contribution in [0.3, 0.4) is 0 Å². The monoisotopic (exact) mass is 258 g/mol. The lowest BCUT2D eigenvalue weighted by Gasteiger charge is -2.21. The standard InChI is InChI=1S/C16H19FN2/c1-11-4-7-16(15(18)8-11)19(3)10-13-5-6-14(17)12(2)9-13/h4-9H,10,18H2,1-3H3. The summed E-state index contributed by atoms with van der Waals surface area (Å²) >= 11 is 0. The van der Waals surface area contributed by atoms with E-state index in [-0.39, 0.29) is 5.82 Å². The molecule has 3 heteroatoms. The first-order valence-electron chi connectivity index (χ1n) is 6.29. The summed E-state index contributed by atoms with van der Waals surface area (Å²) in [6.45, 7) is 4.50. The van der Waals surface area contributed by atoms with Gasteiger partial charge in [0, 0.05) is 13.6 Å². The zero-order valence-electron chi connectivity index (χ0n) is 11.6. The van der Waals surface area contributed by atoms with Crippen molar-refractivity contribution in [2.75, 3.05) is 17.7 Å². The zero-order chi connectivity index (χ0) is 14.0. The molecule has 0 saturated carbocycles. The van der Waals surface area contributed by atoms with Gasteiger partial charge < -0.3 is 10.6 Å². The normalized spacial score (nSPS) is 10.5. The smallest absolute Gasteiger partial charge is 0.126 e. The molecule has 0 aliphatic rings. The number of aryl methyl sites for hydroxylation is 2. The minimum absolute atomic E-state index is 0.166. The molecule has 0 aromatic heterocycles. The summed E-state index contributed by atoms with van der Waals surface area (Å²) in [5, 5.41) is 0. The molecular weight excluding hydrogens is 239 g/mol. The van der Waals surface area contributed by atoms with Gasteiger partial charge in [-0.25, -0.2) is 4.39 Å². The molecule has 0 aliphatic carbocycles. The van der Waals surface area contributed by atoms with E-state index in [1.54, 1.807) is 6.92 Å². The largest absolute Gasteiger partial charge is 0.397 e. The minimum Gasteiger partial charge on any atom is -0.397 e. The summed E-state index contributed by atoms with van der Waals surface area (Å²) in [5.41, 5.74) is 10.7. The summed E-state index contributed by atoms with van der Waals surface area (Å²) in [7, 11) is 1.99. The second-order valence-electron chi connectivity index (χ2n) is 5.00. The van der Waals surface area contributed by atoms with Crippen LogP contribution in [-0.4, -0.2) is 7.05 Å². The number of nitrogen functional groups attached to an aromatic ring is 1. The van der Waals surface area contributed by atoms with Crippen molar-refractivity contribution in [1.82, 2.24) is 0 Å². The summed E-state index contributed by atoms with van der Waals surface area (Å²) in [5.74, 6) is -0.166. The van der Waals surface area contributed by atoms with Crippen molar-refractivity contribution in [1.29, 1.82) is 0 Å². The second-order valence-corrected chi connectivity index (χ2v) is 5.00. The van der Waals surface area contributed by atoms with Crippen LogP contribution < -0.4 is 10.6 Å². The van der Waals surface area contributed by atoms with E-state index in [4.69, 9.17) is 5.73 Å². The third-order valence-electron chi connectivity index (χ3n) is 3.24. The molecule has 0 amide bonds. The number of rotatable bonds is 3. The first-order valence-corrected chi connectivity index (χ1v) is 6.29. The van der Waals surface area contributed by atoms with Gasteiger partial charge in [-0.1, -0.05) is 18.2 Å². The molecule has 0 fully saturated rings. The molecule has 2 aromatic carbocycles. The summed E-state index contributed by atoms with van der Waals surface area (Å²) in [6, 6.07) is 11.2. The van der Waals surface area contributed by atoms with Crippen molar-refractivity contribution in [3.05, 3.63) is 58.9 Å². The summed E-state index contributed by atoms with van der Waals surface area (Å²) in [6.07, 6.45) is 0. The second kappa shape index (κ2) is 5.31. The highest BCUT2D eigenvalue weighted by atomic mass is 19.1. The van der Waals surface area contributed by atoms with Crippen LogP contribution in [0.5, 0.6) is 0 Å². The van der Waals surface area contributed by atoms with Crippen LogP contribution >= 0.6 is 0 Å². The molecule has 2 nitrogen and oxygen atoms in total. The van der Waals surface area contributed by atoms with Crippen LogP contribution in [0, 0.1) is 19.7 Å². The van der Waals surface area contributed by atoms with Gasteiger partial charge in [0.2, 0.25) is 0 Å². The number of benzene rings is 2. The minimum atomic E-state index is -0.166. The van der Waals surface area contributed by atoms with E-state index in [1.165, 1.54) is 6.07 Å². The Kier molecular flexibility index (Phi) is 3.74. The SMILES string of the molecule is Cc1ccc(N(C)Cc2ccc(F)c(C)c2)c(N)c1. The number of nitrogens with two attached hydrogens (primary N) is 1.